The minimum atomic E-state index is 0.473. The minimum Gasteiger partial charge on any atom is -0.419 e. The number of likely N-dealkylation sites (N-methyl/N-ethyl adjacent to an activating group) is 1. The van der Waals surface area contributed by atoms with Crippen LogP contribution in [0.15, 0.2) is 28.6 Å². The average Bonchev–Trinajstić information content (AvgIpc) is 3.34. The highest BCUT2D eigenvalue weighted by atomic mass is 16.4. The van der Waals surface area contributed by atoms with E-state index in [0.717, 1.165) is 18.0 Å². The second-order valence-electron chi connectivity index (χ2n) is 9.61. The summed E-state index contributed by atoms with van der Waals surface area (Å²) in [4.78, 5) is 9.23. The molecule has 0 unspecified atom stereocenters. The van der Waals surface area contributed by atoms with Gasteiger partial charge in [-0.25, -0.2) is 4.98 Å². The smallest absolute Gasteiger partial charge is 0.265 e. The Bertz CT molecular complexity index is 861. The Balaban J connectivity index is 1.45. The van der Waals surface area contributed by atoms with Gasteiger partial charge in [0.25, 0.3) is 5.89 Å². The predicted octanol–water partition coefficient (Wildman–Crippen LogP) is 3.11. The van der Waals surface area contributed by atoms with Gasteiger partial charge in [0.2, 0.25) is 5.89 Å². The summed E-state index contributed by atoms with van der Waals surface area (Å²) in [6.45, 7) is 13.0. The number of piperazine rings is 1. The Hall–Kier alpha value is -1.99. The standard InChI is InChI=1S/C23H36N6O/c1-16(2)20-11-18(12-22-25-26-23(30-22)21-13-24-15-28(21)5)17(3)10-19(20)14-29-8-6-27(4)7-9-29/h10,13,15-16,18-20H,6-9,11-12,14H2,1-5H3/t18-,19-,20-/m0/s1. The van der Waals surface area contributed by atoms with Gasteiger partial charge < -0.3 is 18.8 Å². The lowest BCUT2D eigenvalue weighted by atomic mass is 9.69. The first kappa shape index (κ1) is 21.2. The van der Waals surface area contributed by atoms with Crippen molar-refractivity contribution in [3.05, 3.63) is 30.1 Å². The third-order valence-electron chi connectivity index (χ3n) is 7.07. The molecule has 0 spiro atoms. The molecule has 1 aliphatic carbocycles. The molecule has 0 radical (unpaired) electrons. The second-order valence-corrected chi connectivity index (χ2v) is 9.61. The fourth-order valence-corrected chi connectivity index (χ4v) is 5.03. The maximum Gasteiger partial charge on any atom is 0.265 e. The second kappa shape index (κ2) is 9.02. The molecule has 0 bridgehead atoms. The number of hydrogen-bond acceptors (Lipinski definition) is 6. The van der Waals surface area contributed by atoms with Crippen molar-refractivity contribution in [1.82, 2.24) is 29.5 Å². The van der Waals surface area contributed by atoms with Crippen LogP contribution in [0.4, 0.5) is 0 Å². The quantitative estimate of drug-likeness (QED) is 0.680. The van der Waals surface area contributed by atoms with Gasteiger partial charge in [-0.05, 0) is 44.1 Å². The van der Waals surface area contributed by atoms with Crippen molar-refractivity contribution >= 4 is 0 Å². The summed E-state index contributed by atoms with van der Waals surface area (Å²) >= 11 is 0. The van der Waals surface area contributed by atoms with Crippen LogP contribution in [-0.2, 0) is 13.5 Å². The van der Waals surface area contributed by atoms with Crippen molar-refractivity contribution in [3.8, 4) is 11.6 Å². The summed E-state index contributed by atoms with van der Waals surface area (Å²) < 4.78 is 7.89. The Kier molecular flexibility index (Phi) is 6.39. The van der Waals surface area contributed by atoms with Crippen molar-refractivity contribution in [2.75, 3.05) is 39.8 Å². The van der Waals surface area contributed by atoms with Gasteiger partial charge in [-0.1, -0.05) is 25.5 Å². The van der Waals surface area contributed by atoms with E-state index in [4.69, 9.17) is 4.42 Å². The van der Waals surface area contributed by atoms with E-state index in [2.05, 4.69) is 58.9 Å². The summed E-state index contributed by atoms with van der Waals surface area (Å²) in [6.07, 6.45) is 8.08. The Morgan fingerprint density at radius 2 is 1.90 bits per heavy atom. The van der Waals surface area contributed by atoms with Crippen LogP contribution < -0.4 is 0 Å². The van der Waals surface area contributed by atoms with Crippen molar-refractivity contribution in [2.45, 2.75) is 33.6 Å². The first-order valence-electron chi connectivity index (χ1n) is 11.3. The fraction of sp³-hybridized carbons (Fsp3) is 0.696. The molecule has 1 aliphatic heterocycles. The molecular weight excluding hydrogens is 376 g/mol. The Morgan fingerprint density at radius 1 is 1.13 bits per heavy atom. The van der Waals surface area contributed by atoms with E-state index in [-0.39, 0.29) is 0 Å². The van der Waals surface area contributed by atoms with Gasteiger partial charge in [0.05, 0.1) is 12.5 Å². The molecule has 164 valence electrons. The predicted molar refractivity (Wildman–Crippen MR) is 118 cm³/mol. The van der Waals surface area contributed by atoms with Gasteiger partial charge in [0, 0.05) is 46.2 Å². The first-order chi connectivity index (χ1) is 14.4. The summed E-state index contributed by atoms with van der Waals surface area (Å²) in [6, 6.07) is 0. The maximum atomic E-state index is 5.99. The van der Waals surface area contributed by atoms with E-state index in [1.54, 1.807) is 12.5 Å². The number of imidazole rings is 1. The highest BCUT2D eigenvalue weighted by Crippen LogP contribution is 2.39. The monoisotopic (exact) mass is 412 g/mol. The summed E-state index contributed by atoms with van der Waals surface area (Å²) in [5.74, 6) is 3.75. The average molecular weight is 413 g/mol. The van der Waals surface area contributed by atoms with Crippen LogP contribution in [0.5, 0.6) is 0 Å². The van der Waals surface area contributed by atoms with E-state index < -0.39 is 0 Å². The lowest BCUT2D eigenvalue weighted by molar-refractivity contribution is 0.112. The lowest BCUT2D eigenvalue weighted by Gasteiger charge is -2.41. The van der Waals surface area contributed by atoms with Crippen LogP contribution >= 0.6 is 0 Å². The molecule has 3 atom stereocenters. The molecule has 2 aliphatic rings. The summed E-state index contributed by atoms with van der Waals surface area (Å²) in [5.41, 5.74) is 2.34. The lowest BCUT2D eigenvalue weighted by Crippen LogP contribution is -2.47. The number of rotatable bonds is 6. The maximum absolute atomic E-state index is 5.99. The molecule has 0 aromatic carbocycles. The number of nitrogens with zero attached hydrogens (tertiary/aromatic N) is 6. The van der Waals surface area contributed by atoms with E-state index in [0.29, 0.717) is 29.6 Å². The first-order valence-corrected chi connectivity index (χ1v) is 11.3. The number of aromatic nitrogens is 4. The van der Waals surface area contributed by atoms with Crippen molar-refractivity contribution in [3.63, 3.8) is 0 Å². The van der Waals surface area contributed by atoms with E-state index in [1.807, 2.05) is 11.6 Å². The van der Waals surface area contributed by atoms with Crippen LogP contribution in [0.2, 0.25) is 0 Å². The van der Waals surface area contributed by atoms with E-state index >= 15 is 0 Å². The molecule has 1 saturated heterocycles. The minimum absolute atomic E-state index is 0.473. The van der Waals surface area contributed by atoms with Crippen LogP contribution in [0.25, 0.3) is 11.6 Å². The van der Waals surface area contributed by atoms with Crippen LogP contribution in [0, 0.1) is 23.7 Å². The zero-order valence-electron chi connectivity index (χ0n) is 19.1. The van der Waals surface area contributed by atoms with Gasteiger partial charge in [0.1, 0.15) is 5.69 Å². The van der Waals surface area contributed by atoms with Gasteiger partial charge in [-0.3, -0.25) is 0 Å². The summed E-state index contributed by atoms with van der Waals surface area (Å²) in [5, 5.41) is 8.59. The van der Waals surface area contributed by atoms with Crippen molar-refractivity contribution < 1.29 is 4.42 Å². The van der Waals surface area contributed by atoms with Crippen LogP contribution in [0.3, 0.4) is 0 Å². The molecular formula is C23H36N6O. The molecule has 0 N–H and O–H groups in total. The molecule has 4 rings (SSSR count). The molecule has 3 heterocycles. The highest BCUT2D eigenvalue weighted by Gasteiger charge is 2.33. The molecule has 2 aromatic rings. The largest absolute Gasteiger partial charge is 0.419 e. The molecule has 7 heteroatoms. The van der Waals surface area contributed by atoms with Gasteiger partial charge in [-0.15, -0.1) is 10.2 Å². The molecule has 7 nitrogen and oxygen atoms in total. The third-order valence-corrected chi connectivity index (χ3v) is 7.07. The fourth-order valence-electron chi connectivity index (χ4n) is 5.03. The van der Waals surface area contributed by atoms with E-state index in [1.165, 1.54) is 44.7 Å². The van der Waals surface area contributed by atoms with E-state index in [9.17, 15) is 0 Å². The van der Waals surface area contributed by atoms with Crippen LogP contribution in [0.1, 0.15) is 33.1 Å². The number of hydrogen-bond donors (Lipinski definition) is 0. The Labute approximate surface area is 180 Å². The zero-order valence-corrected chi connectivity index (χ0v) is 19.1. The van der Waals surface area contributed by atoms with Gasteiger partial charge in [0.15, 0.2) is 0 Å². The SMILES string of the molecule is CC1=C[C@@H](CN2CCN(C)CC2)[C@H](C(C)C)C[C@H]1Cc1nnc(-c2cncn2C)o1. The zero-order chi connectivity index (χ0) is 21.3. The molecule has 0 amide bonds. The topological polar surface area (TPSA) is 63.2 Å². The molecule has 1 fully saturated rings. The molecule has 2 aromatic heterocycles. The summed E-state index contributed by atoms with van der Waals surface area (Å²) in [7, 11) is 4.16. The molecule has 0 saturated carbocycles. The number of aryl methyl sites for hydroxylation is 1. The highest BCUT2D eigenvalue weighted by molar-refractivity contribution is 5.44. The van der Waals surface area contributed by atoms with Crippen molar-refractivity contribution in [1.29, 1.82) is 0 Å². The molecule has 30 heavy (non-hydrogen) atoms. The number of allylic oxidation sites excluding steroid dienone is 1. The third kappa shape index (κ3) is 4.67. The normalized spacial score (nSPS) is 26.3. The van der Waals surface area contributed by atoms with Crippen molar-refractivity contribution in [2.24, 2.45) is 30.7 Å². The van der Waals surface area contributed by atoms with Gasteiger partial charge in [-0.2, -0.15) is 0 Å². The van der Waals surface area contributed by atoms with Crippen LogP contribution in [-0.4, -0.2) is 69.3 Å². The van der Waals surface area contributed by atoms with Gasteiger partial charge >= 0.3 is 0 Å². The Morgan fingerprint density at radius 3 is 2.57 bits per heavy atom.